The van der Waals surface area contributed by atoms with Gasteiger partial charge >= 0.3 is 12.2 Å². The van der Waals surface area contributed by atoms with Crippen molar-refractivity contribution in [2.24, 2.45) is 0 Å². The van der Waals surface area contributed by atoms with Gasteiger partial charge in [0.2, 0.25) is 0 Å². The number of hydrogen-bond donors (Lipinski definition) is 1. The van der Waals surface area contributed by atoms with Crippen molar-refractivity contribution in [1.82, 2.24) is 9.80 Å². The van der Waals surface area contributed by atoms with E-state index in [1.165, 1.54) is 16.8 Å². The summed E-state index contributed by atoms with van der Waals surface area (Å²) >= 11 is 6.17. The Morgan fingerprint density at radius 3 is 1.95 bits per heavy atom. The standard InChI is InChI=1S/C17H23ClN2O2.C12H21NO3/c1-16(2,3)22-15(21)20-8-6-17(7-9-20)11-19-14-5-4-12(18)10-13(14)17;1-12(2,3)16-11(14)13-7-5-10(6-8-13)9-15-4/h4-5,10,19H,6-9,11H2,1-3H3;9H,5-8H2,1-4H3. The second-order valence-corrected chi connectivity index (χ2v) is 12.7. The SMILES string of the molecule is CC(C)(C)OC(=O)N1CCC2(CC1)CNc1ccc(Cl)cc12.COC=C1CCN(C(=O)OC(C)(C)C)CC1. The molecule has 1 N–H and O–H groups in total. The van der Waals surface area contributed by atoms with Gasteiger partial charge in [0.1, 0.15) is 11.2 Å². The zero-order chi connectivity index (χ0) is 28.1. The van der Waals surface area contributed by atoms with E-state index in [0.29, 0.717) is 13.1 Å². The first-order valence-electron chi connectivity index (χ1n) is 13.4. The Kier molecular flexibility index (Phi) is 9.50. The molecule has 0 saturated carbocycles. The number of likely N-dealkylation sites (tertiary alicyclic amines) is 2. The van der Waals surface area contributed by atoms with Gasteiger partial charge in [0.15, 0.2) is 0 Å². The first kappa shape index (κ1) is 29.9. The lowest BCUT2D eigenvalue weighted by Crippen LogP contribution is -2.47. The number of amides is 2. The lowest BCUT2D eigenvalue weighted by molar-refractivity contribution is 0.0170. The van der Waals surface area contributed by atoms with Crippen LogP contribution in [0.15, 0.2) is 30.0 Å². The van der Waals surface area contributed by atoms with Crippen molar-refractivity contribution in [2.75, 3.05) is 45.2 Å². The van der Waals surface area contributed by atoms with E-state index in [-0.39, 0.29) is 17.6 Å². The number of carbonyl (C=O) groups is 2. The number of nitrogens with zero attached hydrogens (tertiary/aromatic N) is 2. The molecule has 2 fully saturated rings. The maximum atomic E-state index is 12.2. The van der Waals surface area contributed by atoms with Gasteiger partial charge < -0.3 is 29.3 Å². The number of piperidine rings is 2. The van der Waals surface area contributed by atoms with Crippen LogP contribution in [0, 0.1) is 0 Å². The normalized spacial score (nSPS) is 18.6. The Morgan fingerprint density at radius 2 is 1.45 bits per heavy atom. The van der Waals surface area contributed by atoms with Crippen molar-refractivity contribution in [1.29, 1.82) is 0 Å². The molecule has 2 saturated heterocycles. The molecule has 212 valence electrons. The summed E-state index contributed by atoms with van der Waals surface area (Å²) in [5, 5.41) is 4.25. The van der Waals surface area contributed by atoms with Gasteiger partial charge in [-0.1, -0.05) is 11.6 Å². The fourth-order valence-corrected chi connectivity index (χ4v) is 5.12. The van der Waals surface area contributed by atoms with E-state index in [0.717, 1.165) is 50.3 Å². The van der Waals surface area contributed by atoms with E-state index in [1.54, 1.807) is 18.3 Å². The highest BCUT2D eigenvalue weighted by atomic mass is 35.5. The maximum absolute atomic E-state index is 12.2. The van der Waals surface area contributed by atoms with Crippen molar-refractivity contribution in [2.45, 2.75) is 83.8 Å². The number of ether oxygens (including phenoxy) is 3. The first-order valence-corrected chi connectivity index (χ1v) is 13.8. The molecule has 0 unspecified atom stereocenters. The molecule has 1 aromatic rings. The van der Waals surface area contributed by atoms with Crippen LogP contribution < -0.4 is 5.32 Å². The van der Waals surface area contributed by atoms with Crippen LogP contribution in [0.5, 0.6) is 0 Å². The summed E-state index contributed by atoms with van der Waals surface area (Å²) in [4.78, 5) is 27.5. The van der Waals surface area contributed by atoms with Crippen LogP contribution in [0.2, 0.25) is 5.02 Å². The van der Waals surface area contributed by atoms with E-state index >= 15 is 0 Å². The van der Waals surface area contributed by atoms with E-state index in [2.05, 4.69) is 11.4 Å². The first-order chi connectivity index (χ1) is 17.7. The maximum Gasteiger partial charge on any atom is 0.410 e. The van der Waals surface area contributed by atoms with Crippen molar-refractivity contribution in [3.8, 4) is 0 Å². The molecule has 8 nitrogen and oxygen atoms in total. The fourth-order valence-electron chi connectivity index (χ4n) is 4.95. The third-order valence-electron chi connectivity index (χ3n) is 6.88. The van der Waals surface area contributed by atoms with Crippen molar-refractivity contribution in [3.63, 3.8) is 0 Å². The van der Waals surface area contributed by atoms with Gasteiger partial charge in [-0.25, -0.2) is 9.59 Å². The smallest absolute Gasteiger partial charge is 0.410 e. The van der Waals surface area contributed by atoms with Crippen LogP contribution in [0.3, 0.4) is 0 Å². The highest BCUT2D eigenvalue weighted by molar-refractivity contribution is 6.30. The molecular weight excluding hydrogens is 506 g/mol. The second kappa shape index (κ2) is 12.1. The number of halogens is 1. The Hall–Kier alpha value is -2.61. The zero-order valence-electron chi connectivity index (χ0n) is 24.0. The van der Waals surface area contributed by atoms with Crippen LogP contribution in [0.1, 0.15) is 72.8 Å². The van der Waals surface area contributed by atoms with Gasteiger partial charge in [-0.2, -0.15) is 0 Å². The van der Waals surface area contributed by atoms with E-state index < -0.39 is 11.2 Å². The summed E-state index contributed by atoms with van der Waals surface area (Å²) in [5.41, 5.74) is 2.96. The molecule has 3 aliphatic heterocycles. The molecule has 4 rings (SSSR count). The van der Waals surface area contributed by atoms with Gasteiger partial charge in [-0.3, -0.25) is 0 Å². The molecule has 1 spiro atoms. The molecular formula is C29H44ClN3O5. The third kappa shape index (κ3) is 8.19. The Balaban J connectivity index is 0.000000223. The molecule has 9 heteroatoms. The third-order valence-corrected chi connectivity index (χ3v) is 7.12. The number of anilines is 1. The summed E-state index contributed by atoms with van der Waals surface area (Å²) < 4.78 is 15.7. The summed E-state index contributed by atoms with van der Waals surface area (Å²) in [5.74, 6) is 0. The number of benzene rings is 1. The van der Waals surface area contributed by atoms with Crippen LogP contribution in [-0.2, 0) is 19.6 Å². The van der Waals surface area contributed by atoms with Gasteiger partial charge in [0, 0.05) is 48.8 Å². The number of carbonyl (C=O) groups excluding carboxylic acids is 2. The Labute approximate surface area is 232 Å². The molecule has 3 heterocycles. The predicted molar refractivity (Wildman–Crippen MR) is 151 cm³/mol. The van der Waals surface area contributed by atoms with E-state index in [9.17, 15) is 9.59 Å². The topological polar surface area (TPSA) is 80.3 Å². The highest BCUT2D eigenvalue weighted by Gasteiger charge is 2.42. The monoisotopic (exact) mass is 549 g/mol. The van der Waals surface area contributed by atoms with Crippen molar-refractivity contribution < 1.29 is 23.8 Å². The van der Waals surface area contributed by atoms with Gasteiger partial charge in [0.05, 0.1) is 13.4 Å². The summed E-state index contributed by atoms with van der Waals surface area (Å²) in [7, 11) is 1.65. The molecule has 3 aliphatic rings. The summed E-state index contributed by atoms with van der Waals surface area (Å²) in [6, 6.07) is 6.04. The van der Waals surface area contributed by atoms with Crippen molar-refractivity contribution >= 4 is 29.5 Å². The average Bonchev–Trinajstić information content (AvgIpc) is 3.15. The quantitative estimate of drug-likeness (QED) is 0.398. The second-order valence-electron chi connectivity index (χ2n) is 12.3. The van der Waals surface area contributed by atoms with Crippen molar-refractivity contribution in [3.05, 3.63) is 40.6 Å². The molecule has 38 heavy (non-hydrogen) atoms. The molecule has 0 aliphatic carbocycles. The molecule has 2 amide bonds. The molecule has 0 aromatic heterocycles. The van der Waals surface area contributed by atoms with Gasteiger partial charge in [-0.05, 0) is 96.6 Å². The number of nitrogens with one attached hydrogen (secondary N) is 1. The van der Waals surface area contributed by atoms with E-state index in [4.69, 9.17) is 25.8 Å². The summed E-state index contributed by atoms with van der Waals surface area (Å²) in [6.07, 6.45) is 4.95. The fraction of sp³-hybridized carbons (Fsp3) is 0.655. The lowest BCUT2D eigenvalue weighted by atomic mass is 9.74. The molecule has 0 bridgehead atoms. The average molecular weight is 550 g/mol. The molecule has 0 atom stereocenters. The minimum absolute atomic E-state index is 0.0960. The zero-order valence-corrected chi connectivity index (χ0v) is 24.7. The number of fused-ring (bicyclic) bond motifs is 2. The van der Waals surface area contributed by atoms with Crippen LogP contribution in [-0.4, -0.2) is 73.0 Å². The van der Waals surface area contributed by atoms with Crippen LogP contribution in [0.4, 0.5) is 15.3 Å². The Bertz CT molecular complexity index is 1010. The van der Waals surface area contributed by atoms with Crippen LogP contribution >= 0.6 is 11.6 Å². The van der Waals surface area contributed by atoms with Gasteiger partial charge in [0.25, 0.3) is 0 Å². The number of rotatable bonds is 1. The lowest BCUT2D eigenvalue weighted by Gasteiger charge is -2.39. The number of hydrogen-bond acceptors (Lipinski definition) is 6. The predicted octanol–water partition coefficient (Wildman–Crippen LogP) is 6.58. The molecule has 1 aromatic carbocycles. The Morgan fingerprint density at radius 1 is 0.921 bits per heavy atom. The highest BCUT2D eigenvalue weighted by Crippen LogP contribution is 2.45. The summed E-state index contributed by atoms with van der Waals surface area (Å²) in [6.45, 7) is 15.1. The number of methoxy groups -OCH3 is 1. The van der Waals surface area contributed by atoms with Crippen LogP contribution in [0.25, 0.3) is 0 Å². The largest absolute Gasteiger partial charge is 0.504 e. The van der Waals surface area contributed by atoms with Gasteiger partial charge in [-0.15, -0.1) is 0 Å². The molecule has 0 radical (unpaired) electrons. The minimum atomic E-state index is -0.443. The minimum Gasteiger partial charge on any atom is -0.504 e. The van der Waals surface area contributed by atoms with E-state index in [1.807, 2.05) is 58.6 Å².